The van der Waals surface area contributed by atoms with Crippen LogP contribution in [-0.4, -0.2) is 195 Å². The molecule has 0 heterocycles. The Kier molecular flexibility index (Phi) is 69.2. The third-order valence-corrected chi connectivity index (χ3v) is 9.85. The molecule has 0 saturated heterocycles. The minimum atomic E-state index is 0.0352. The zero-order chi connectivity index (χ0) is 47.1. The van der Waals surface area contributed by atoms with Gasteiger partial charge in [-0.05, 0) is 12.8 Å². The third kappa shape index (κ3) is 70.1. The van der Waals surface area contributed by atoms with E-state index in [0.717, 1.165) is 26.1 Å². The average Bonchev–Trinajstić information content (AvgIpc) is 3.32. The molecular weight excluding hydrogens is 841 g/mol. The van der Waals surface area contributed by atoms with Gasteiger partial charge in [-0.1, -0.05) is 129 Å². The zero-order valence-corrected chi connectivity index (χ0v) is 42.1. The van der Waals surface area contributed by atoms with Crippen molar-refractivity contribution in [3.8, 4) is 0 Å². The van der Waals surface area contributed by atoms with Gasteiger partial charge >= 0.3 is 0 Å². The maximum atomic E-state index is 8.56. The van der Waals surface area contributed by atoms with Crippen LogP contribution in [0, 0.1) is 0 Å². The Morgan fingerprint density at radius 1 is 0.169 bits per heavy atom. The third-order valence-electron chi connectivity index (χ3n) is 9.85. The molecule has 0 bridgehead atoms. The Morgan fingerprint density at radius 2 is 0.308 bits per heavy atom. The molecule has 0 spiro atoms. The number of unbranched alkanes of at least 4 members (excludes halogenated alkanes) is 18. The molecule has 0 fully saturated rings. The van der Waals surface area contributed by atoms with Crippen molar-refractivity contribution < 1.29 is 71.8 Å². The van der Waals surface area contributed by atoms with E-state index in [-0.39, 0.29) is 13.2 Å². The minimum Gasteiger partial charge on any atom is -0.394 e. The first-order valence-corrected chi connectivity index (χ1v) is 26.1. The van der Waals surface area contributed by atoms with Crippen LogP contribution in [-0.2, 0) is 61.6 Å². The Labute approximate surface area is 398 Å². The van der Waals surface area contributed by atoms with E-state index in [1.165, 1.54) is 116 Å². The van der Waals surface area contributed by atoms with Gasteiger partial charge < -0.3 is 71.8 Å². The molecular formula is C50H104O15. The molecule has 0 amide bonds. The monoisotopic (exact) mass is 945 g/mol. The van der Waals surface area contributed by atoms with Gasteiger partial charge in [-0.25, -0.2) is 0 Å². The second kappa shape index (κ2) is 67.7. The minimum absolute atomic E-state index is 0.0352. The Bertz CT molecular complexity index is 714. The lowest BCUT2D eigenvalue weighted by Crippen LogP contribution is -2.15. The van der Waals surface area contributed by atoms with Gasteiger partial charge in [0.2, 0.25) is 0 Å². The fourth-order valence-electron chi connectivity index (χ4n) is 6.14. The Hall–Kier alpha value is -0.600. The summed E-state index contributed by atoms with van der Waals surface area (Å²) in [6, 6.07) is 0. The molecule has 65 heavy (non-hydrogen) atoms. The largest absolute Gasteiger partial charge is 0.394 e. The molecule has 2 N–H and O–H groups in total. The van der Waals surface area contributed by atoms with Gasteiger partial charge in [0.15, 0.2) is 0 Å². The molecule has 15 heteroatoms. The van der Waals surface area contributed by atoms with Crippen molar-refractivity contribution in [3.63, 3.8) is 0 Å². The maximum absolute atomic E-state index is 8.56. The lowest BCUT2D eigenvalue weighted by Gasteiger charge is -2.08. The fourth-order valence-corrected chi connectivity index (χ4v) is 6.14. The number of aliphatic hydroxyl groups is 2. The molecule has 0 aromatic carbocycles. The van der Waals surface area contributed by atoms with Crippen LogP contribution in [0.15, 0.2) is 0 Å². The van der Waals surface area contributed by atoms with E-state index in [1.807, 2.05) is 0 Å². The van der Waals surface area contributed by atoms with Crippen molar-refractivity contribution in [1.82, 2.24) is 0 Å². The van der Waals surface area contributed by atoms with E-state index in [2.05, 4.69) is 13.8 Å². The highest BCUT2D eigenvalue weighted by atomic mass is 16.6. The molecule has 0 unspecified atom stereocenters. The second-order valence-corrected chi connectivity index (χ2v) is 15.8. The molecule has 0 aromatic heterocycles. The van der Waals surface area contributed by atoms with Crippen molar-refractivity contribution in [1.29, 1.82) is 0 Å². The first kappa shape index (κ1) is 66.5. The quantitative estimate of drug-likeness (QED) is 0.0564. The van der Waals surface area contributed by atoms with Crippen LogP contribution < -0.4 is 0 Å². The lowest BCUT2D eigenvalue weighted by molar-refractivity contribution is -0.0238. The topological polar surface area (TPSA) is 160 Å². The smallest absolute Gasteiger partial charge is 0.0701 e. The molecule has 0 aromatic rings. The van der Waals surface area contributed by atoms with Gasteiger partial charge in [0, 0.05) is 13.2 Å². The van der Waals surface area contributed by atoms with E-state index in [4.69, 9.17) is 71.8 Å². The van der Waals surface area contributed by atoms with Crippen LogP contribution in [0.1, 0.15) is 142 Å². The molecule has 0 atom stereocenters. The van der Waals surface area contributed by atoms with E-state index < -0.39 is 0 Å². The molecule has 0 aliphatic carbocycles. The summed E-state index contributed by atoms with van der Waals surface area (Å²) in [4.78, 5) is 0. The zero-order valence-electron chi connectivity index (χ0n) is 42.1. The van der Waals surface area contributed by atoms with Crippen molar-refractivity contribution >= 4 is 0 Å². The number of aliphatic hydroxyl groups excluding tert-OH is 2. The highest BCUT2D eigenvalue weighted by Crippen LogP contribution is 2.11. The van der Waals surface area contributed by atoms with Crippen LogP contribution >= 0.6 is 0 Å². The summed E-state index contributed by atoms with van der Waals surface area (Å²) in [5.74, 6) is 0. The van der Waals surface area contributed by atoms with Crippen molar-refractivity contribution in [2.45, 2.75) is 142 Å². The molecule has 0 radical (unpaired) electrons. The summed E-state index contributed by atoms with van der Waals surface area (Å²) in [7, 11) is 0. The average molecular weight is 945 g/mol. The van der Waals surface area contributed by atoms with Crippen LogP contribution in [0.4, 0.5) is 0 Å². The van der Waals surface area contributed by atoms with Gasteiger partial charge in [-0.15, -0.1) is 0 Å². The predicted octanol–water partition coefficient (Wildman–Crippen LogP) is 8.02. The summed E-state index contributed by atoms with van der Waals surface area (Å²) >= 11 is 0. The molecule has 15 nitrogen and oxygen atoms in total. The van der Waals surface area contributed by atoms with E-state index >= 15 is 0 Å². The highest BCUT2D eigenvalue weighted by Gasteiger charge is 1.98. The number of ether oxygens (including phenoxy) is 13. The second-order valence-electron chi connectivity index (χ2n) is 15.8. The van der Waals surface area contributed by atoms with Crippen molar-refractivity contribution in [2.75, 3.05) is 185 Å². The summed E-state index contributed by atoms with van der Waals surface area (Å²) in [6.07, 6.45) is 26.9. The number of hydrogen-bond acceptors (Lipinski definition) is 15. The molecule has 394 valence electrons. The first-order chi connectivity index (χ1) is 32.3. The molecule has 0 aliphatic rings. The van der Waals surface area contributed by atoms with Gasteiger partial charge in [-0.2, -0.15) is 0 Å². The van der Waals surface area contributed by atoms with Crippen molar-refractivity contribution in [2.24, 2.45) is 0 Å². The van der Waals surface area contributed by atoms with Crippen LogP contribution in [0.2, 0.25) is 0 Å². The summed E-state index contributed by atoms with van der Waals surface area (Å²) in [5.41, 5.74) is 0. The van der Waals surface area contributed by atoms with Gasteiger partial charge in [0.1, 0.15) is 0 Å². The van der Waals surface area contributed by atoms with E-state index in [0.29, 0.717) is 159 Å². The molecule has 0 aliphatic heterocycles. The first-order valence-electron chi connectivity index (χ1n) is 26.1. The summed E-state index contributed by atoms with van der Waals surface area (Å²) < 4.78 is 70.2. The highest BCUT2D eigenvalue weighted by molar-refractivity contribution is 4.49. The Morgan fingerprint density at radius 3 is 0.477 bits per heavy atom. The van der Waals surface area contributed by atoms with E-state index in [9.17, 15) is 0 Å². The van der Waals surface area contributed by atoms with Crippen LogP contribution in [0.3, 0.4) is 0 Å². The van der Waals surface area contributed by atoms with Gasteiger partial charge in [-0.3, -0.25) is 0 Å². The Balaban J connectivity index is 0. The lowest BCUT2D eigenvalue weighted by atomic mass is 10.1. The summed E-state index contributed by atoms with van der Waals surface area (Å²) in [6.45, 7) is 19.2. The predicted molar refractivity (Wildman–Crippen MR) is 259 cm³/mol. The number of rotatable bonds is 59. The molecule has 0 saturated carbocycles. The van der Waals surface area contributed by atoms with Crippen LogP contribution in [0.5, 0.6) is 0 Å². The standard InChI is InChI=1S/C28H58O9.C22H46O6/c1-2-3-4-5-6-7-8-9-10-11-13-30-15-17-32-19-21-34-23-25-36-27-28-37-26-24-35-22-20-33-18-16-31-14-12-29;1-2-3-4-5-6-7-8-9-10-11-13-24-15-17-26-19-21-28-22-20-27-18-16-25-14-12-23/h29H,2-28H2,1H3;23H,2-22H2,1H3. The SMILES string of the molecule is CCCCCCCCCCCCOCCOCCOCCOCCOCCO.CCCCCCCCCCCCOCCOCCOCCOCCOCCOCCOCCOCCO. The number of hydrogen-bond donors (Lipinski definition) is 2. The van der Waals surface area contributed by atoms with Gasteiger partial charge in [0.25, 0.3) is 0 Å². The van der Waals surface area contributed by atoms with E-state index in [1.54, 1.807) is 0 Å². The molecule has 0 rings (SSSR count). The fraction of sp³-hybridized carbons (Fsp3) is 1.00. The van der Waals surface area contributed by atoms with Crippen LogP contribution in [0.25, 0.3) is 0 Å². The maximum Gasteiger partial charge on any atom is 0.0701 e. The summed E-state index contributed by atoms with van der Waals surface area (Å²) in [5, 5.41) is 17.1. The normalized spacial score (nSPS) is 11.4. The van der Waals surface area contributed by atoms with Gasteiger partial charge in [0.05, 0.1) is 172 Å². The van der Waals surface area contributed by atoms with Crippen molar-refractivity contribution in [3.05, 3.63) is 0 Å².